The number of rotatable bonds is 4. The van der Waals surface area contributed by atoms with Gasteiger partial charge < -0.3 is 4.74 Å². The molecule has 0 radical (unpaired) electrons. The van der Waals surface area contributed by atoms with Crippen LogP contribution in [0.25, 0.3) is 11.1 Å². The molecule has 0 N–H and O–H groups in total. The van der Waals surface area contributed by atoms with E-state index >= 15 is 0 Å². The van der Waals surface area contributed by atoms with Gasteiger partial charge in [0.2, 0.25) is 0 Å². The first kappa shape index (κ1) is 12.2. The summed E-state index contributed by atoms with van der Waals surface area (Å²) in [5.74, 6) is 0.875. The lowest BCUT2D eigenvalue weighted by atomic mass is 10.1. The van der Waals surface area contributed by atoms with Crippen molar-refractivity contribution in [1.29, 1.82) is 0 Å². The van der Waals surface area contributed by atoms with Crippen LogP contribution < -0.4 is 4.74 Å². The van der Waals surface area contributed by atoms with Gasteiger partial charge in [-0.25, -0.2) is 0 Å². The van der Waals surface area contributed by atoms with Gasteiger partial charge in [-0.05, 0) is 51.9 Å². The van der Waals surface area contributed by atoms with E-state index in [1.54, 1.807) is 6.08 Å². The van der Waals surface area contributed by atoms with Gasteiger partial charge in [0.05, 0.1) is 0 Å². The highest BCUT2D eigenvalue weighted by Crippen LogP contribution is 2.26. The van der Waals surface area contributed by atoms with Crippen LogP contribution in [0.15, 0.2) is 61.2 Å². The average Bonchev–Trinajstić information content (AvgIpc) is 2.38. The van der Waals surface area contributed by atoms with Crippen LogP contribution in [-0.2, 0) is 0 Å². The second-order valence-electron chi connectivity index (χ2n) is 3.60. The minimum Gasteiger partial charge on any atom is -0.490 e. The molecule has 0 bridgehead atoms. The molecule has 2 rings (SSSR count). The molecule has 0 aromatic heterocycles. The topological polar surface area (TPSA) is 9.23 Å². The highest BCUT2D eigenvalue weighted by Gasteiger charge is 2.01. The van der Waals surface area contributed by atoms with Gasteiger partial charge >= 0.3 is 0 Å². The number of hydrogen-bond acceptors (Lipinski definition) is 1. The minimum atomic E-state index is 0.544. The van der Waals surface area contributed by atoms with Crippen molar-refractivity contribution in [3.8, 4) is 16.9 Å². The Labute approximate surface area is 115 Å². The Kier molecular flexibility index (Phi) is 4.20. The lowest BCUT2D eigenvalue weighted by Crippen LogP contribution is -1.92. The second kappa shape index (κ2) is 5.87. The van der Waals surface area contributed by atoms with Gasteiger partial charge in [0.15, 0.2) is 0 Å². The smallest absolute Gasteiger partial charge is 0.119 e. The Balaban J connectivity index is 2.23. The van der Waals surface area contributed by atoms with Gasteiger partial charge in [0.1, 0.15) is 12.4 Å². The van der Waals surface area contributed by atoms with Crippen LogP contribution >= 0.6 is 22.6 Å². The van der Waals surface area contributed by atoms with Gasteiger partial charge in [0, 0.05) is 3.57 Å². The molecule has 2 aromatic carbocycles. The molecule has 0 amide bonds. The molecule has 0 heterocycles. The van der Waals surface area contributed by atoms with Gasteiger partial charge in [-0.2, -0.15) is 0 Å². The van der Waals surface area contributed by atoms with Gasteiger partial charge in [-0.3, -0.25) is 0 Å². The summed E-state index contributed by atoms with van der Waals surface area (Å²) in [5, 5.41) is 0. The molecule has 0 unspecified atom stereocenters. The number of halogens is 1. The standard InChI is InChI=1S/C15H13IO/c1-2-11-17-13-9-7-12(8-10-13)14-5-3-4-6-15(14)16/h2-10H,1,11H2. The monoisotopic (exact) mass is 336 g/mol. The Hall–Kier alpha value is -1.29. The van der Waals surface area contributed by atoms with Crippen LogP contribution in [0.2, 0.25) is 0 Å². The molecule has 2 heteroatoms. The molecule has 0 fully saturated rings. The van der Waals surface area contributed by atoms with E-state index in [1.165, 1.54) is 14.7 Å². The summed E-state index contributed by atoms with van der Waals surface area (Å²) < 4.78 is 6.71. The van der Waals surface area contributed by atoms with Crippen molar-refractivity contribution in [2.75, 3.05) is 6.61 Å². The summed E-state index contributed by atoms with van der Waals surface area (Å²) in [6.07, 6.45) is 1.74. The van der Waals surface area contributed by atoms with Crippen LogP contribution in [0.5, 0.6) is 5.75 Å². The fraction of sp³-hybridized carbons (Fsp3) is 0.0667. The van der Waals surface area contributed by atoms with Crippen molar-refractivity contribution in [3.63, 3.8) is 0 Å². The molecule has 0 atom stereocenters. The molecule has 1 nitrogen and oxygen atoms in total. The average molecular weight is 336 g/mol. The molecule has 17 heavy (non-hydrogen) atoms. The molecule has 0 spiro atoms. The second-order valence-corrected chi connectivity index (χ2v) is 4.77. The van der Waals surface area contributed by atoms with Gasteiger partial charge in [-0.1, -0.05) is 43.0 Å². The van der Waals surface area contributed by atoms with Gasteiger partial charge in [-0.15, -0.1) is 0 Å². The summed E-state index contributed by atoms with van der Waals surface area (Å²) in [6, 6.07) is 16.5. The van der Waals surface area contributed by atoms with Crippen LogP contribution in [0, 0.1) is 3.57 Å². The van der Waals surface area contributed by atoms with Crippen LogP contribution in [0.4, 0.5) is 0 Å². The van der Waals surface area contributed by atoms with E-state index in [1.807, 2.05) is 18.2 Å². The van der Waals surface area contributed by atoms with Crippen molar-refractivity contribution >= 4 is 22.6 Å². The fourth-order valence-corrected chi connectivity index (χ4v) is 2.28. The van der Waals surface area contributed by atoms with Crippen molar-refractivity contribution in [3.05, 3.63) is 64.8 Å². The summed E-state index contributed by atoms with van der Waals surface area (Å²) in [4.78, 5) is 0. The highest BCUT2D eigenvalue weighted by atomic mass is 127. The summed E-state index contributed by atoms with van der Waals surface area (Å²) in [6.45, 7) is 4.17. The van der Waals surface area contributed by atoms with Crippen molar-refractivity contribution in [1.82, 2.24) is 0 Å². The number of hydrogen-bond donors (Lipinski definition) is 0. The zero-order valence-electron chi connectivity index (χ0n) is 9.40. The van der Waals surface area contributed by atoms with E-state index < -0.39 is 0 Å². The molecule has 0 aliphatic heterocycles. The fourth-order valence-electron chi connectivity index (χ4n) is 1.58. The maximum atomic E-state index is 5.46. The molecule has 0 saturated heterocycles. The van der Waals surface area contributed by atoms with E-state index in [4.69, 9.17) is 4.74 Å². The Morgan fingerprint density at radius 2 is 1.76 bits per heavy atom. The van der Waals surface area contributed by atoms with E-state index in [9.17, 15) is 0 Å². The largest absolute Gasteiger partial charge is 0.490 e. The molecule has 0 aliphatic carbocycles. The van der Waals surface area contributed by atoms with Crippen molar-refractivity contribution in [2.24, 2.45) is 0 Å². The van der Waals surface area contributed by atoms with Crippen molar-refractivity contribution < 1.29 is 4.74 Å². The maximum absolute atomic E-state index is 5.46. The van der Waals surface area contributed by atoms with E-state index in [2.05, 4.69) is 59.5 Å². The first-order valence-electron chi connectivity index (χ1n) is 5.40. The lowest BCUT2D eigenvalue weighted by Gasteiger charge is -2.06. The van der Waals surface area contributed by atoms with Gasteiger partial charge in [0.25, 0.3) is 0 Å². The summed E-state index contributed by atoms with van der Waals surface area (Å²) in [5.41, 5.74) is 2.46. The van der Waals surface area contributed by atoms with Crippen LogP contribution in [0.1, 0.15) is 0 Å². The SMILES string of the molecule is C=CCOc1ccc(-c2ccccc2I)cc1. The highest BCUT2D eigenvalue weighted by molar-refractivity contribution is 14.1. The molecular weight excluding hydrogens is 323 g/mol. The first-order valence-corrected chi connectivity index (χ1v) is 6.48. The molecular formula is C15H13IO. The predicted molar refractivity (Wildman–Crippen MR) is 80.3 cm³/mol. The van der Waals surface area contributed by atoms with E-state index in [-0.39, 0.29) is 0 Å². The molecule has 2 aromatic rings. The Bertz CT molecular complexity index is 503. The quantitative estimate of drug-likeness (QED) is 0.589. The zero-order valence-corrected chi connectivity index (χ0v) is 11.6. The van der Waals surface area contributed by atoms with Crippen LogP contribution in [0.3, 0.4) is 0 Å². The van der Waals surface area contributed by atoms with E-state index in [0.29, 0.717) is 6.61 Å². The molecule has 0 saturated carbocycles. The zero-order chi connectivity index (χ0) is 12.1. The number of benzene rings is 2. The van der Waals surface area contributed by atoms with Crippen LogP contribution in [-0.4, -0.2) is 6.61 Å². The third kappa shape index (κ3) is 3.09. The number of ether oxygens (including phenoxy) is 1. The Morgan fingerprint density at radius 1 is 1.06 bits per heavy atom. The van der Waals surface area contributed by atoms with E-state index in [0.717, 1.165) is 5.75 Å². The predicted octanol–water partition coefficient (Wildman–Crippen LogP) is 4.52. The third-order valence-electron chi connectivity index (χ3n) is 2.41. The maximum Gasteiger partial charge on any atom is 0.119 e. The minimum absolute atomic E-state index is 0.544. The third-order valence-corrected chi connectivity index (χ3v) is 3.35. The summed E-state index contributed by atoms with van der Waals surface area (Å²) >= 11 is 2.35. The molecule has 86 valence electrons. The summed E-state index contributed by atoms with van der Waals surface area (Å²) in [7, 11) is 0. The first-order chi connectivity index (χ1) is 8.31. The Morgan fingerprint density at radius 3 is 2.41 bits per heavy atom. The normalized spacial score (nSPS) is 9.94. The molecule has 0 aliphatic rings. The lowest BCUT2D eigenvalue weighted by molar-refractivity contribution is 0.363. The van der Waals surface area contributed by atoms with Crippen molar-refractivity contribution in [2.45, 2.75) is 0 Å².